The first-order valence-corrected chi connectivity index (χ1v) is 7.41. The lowest BCUT2D eigenvalue weighted by atomic mass is 10.1. The van der Waals surface area contributed by atoms with E-state index in [0.717, 1.165) is 22.4 Å². The van der Waals surface area contributed by atoms with E-state index in [-0.39, 0.29) is 5.88 Å². The second-order valence-corrected chi connectivity index (χ2v) is 5.26. The van der Waals surface area contributed by atoms with Crippen molar-refractivity contribution in [2.24, 2.45) is 0 Å². The van der Waals surface area contributed by atoms with Crippen molar-refractivity contribution in [1.82, 2.24) is 19.8 Å². The number of hydrogen-bond acceptors (Lipinski definition) is 5. The summed E-state index contributed by atoms with van der Waals surface area (Å²) in [7, 11) is 1.61. The van der Waals surface area contributed by atoms with E-state index in [1.165, 1.54) is 0 Å². The topological polar surface area (TPSA) is 72.5 Å². The molecule has 4 aromatic rings. The zero-order valence-corrected chi connectivity index (χ0v) is 12.9. The fourth-order valence-electron chi connectivity index (χ4n) is 2.66. The second kappa shape index (κ2) is 5.66. The van der Waals surface area contributed by atoms with E-state index in [0.29, 0.717) is 11.3 Å². The van der Waals surface area contributed by atoms with Gasteiger partial charge < -0.3 is 9.84 Å². The zero-order valence-electron chi connectivity index (χ0n) is 12.9. The van der Waals surface area contributed by atoms with Crippen molar-refractivity contribution in [3.05, 3.63) is 60.8 Å². The van der Waals surface area contributed by atoms with E-state index < -0.39 is 0 Å². The number of aromatic hydroxyl groups is 1. The average Bonchev–Trinajstić information content (AvgIpc) is 3.06. The standard InChI is InChI=1S/C18H14N4O2/c1-24-14-9-7-13(8-10-14)16-18(23)21-20-17-15(11-19-22(16)17)12-5-3-2-4-6-12/h2-11,23H,1H3. The second-order valence-electron chi connectivity index (χ2n) is 5.26. The SMILES string of the molecule is COc1ccc(-c2c(O)nnc3c(-c4ccccc4)cnn23)cc1. The fourth-order valence-corrected chi connectivity index (χ4v) is 2.66. The normalized spacial score (nSPS) is 10.9. The van der Waals surface area contributed by atoms with Crippen LogP contribution in [0.1, 0.15) is 0 Å². The molecule has 1 N–H and O–H groups in total. The third kappa shape index (κ3) is 2.25. The molecule has 0 fully saturated rings. The lowest BCUT2D eigenvalue weighted by molar-refractivity contribution is 0.415. The van der Waals surface area contributed by atoms with Crippen LogP contribution in [0.15, 0.2) is 60.8 Å². The maximum Gasteiger partial charge on any atom is 0.257 e. The third-order valence-electron chi connectivity index (χ3n) is 3.86. The molecule has 0 unspecified atom stereocenters. The van der Waals surface area contributed by atoms with E-state index >= 15 is 0 Å². The Morgan fingerprint density at radius 1 is 0.917 bits per heavy atom. The number of hydrogen-bond donors (Lipinski definition) is 1. The van der Waals surface area contributed by atoms with Crippen LogP contribution in [0.5, 0.6) is 11.6 Å². The molecule has 0 spiro atoms. The predicted octanol–water partition coefficient (Wildman–Crippen LogP) is 3.17. The smallest absolute Gasteiger partial charge is 0.257 e. The summed E-state index contributed by atoms with van der Waals surface area (Å²) in [6.07, 6.45) is 1.73. The van der Waals surface area contributed by atoms with Crippen LogP contribution in [0.2, 0.25) is 0 Å². The summed E-state index contributed by atoms with van der Waals surface area (Å²) in [5.74, 6) is 0.567. The number of fused-ring (bicyclic) bond motifs is 1. The van der Waals surface area contributed by atoms with E-state index in [4.69, 9.17) is 4.74 Å². The van der Waals surface area contributed by atoms with Crippen LogP contribution in [0.3, 0.4) is 0 Å². The number of benzene rings is 2. The van der Waals surface area contributed by atoms with Crippen LogP contribution in [0.25, 0.3) is 28.0 Å². The monoisotopic (exact) mass is 318 g/mol. The predicted molar refractivity (Wildman–Crippen MR) is 89.9 cm³/mol. The summed E-state index contributed by atoms with van der Waals surface area (Å²) in [5.41, 5.74) is 3.71. The molecule has 6 nitrogen and oxygen atoms in total. The Balaban J connectivity index is 1.92. The maximum absolute atomic E-state index is 10.2. The summed E-state index contributed by atoms with van der Waals surface area (Å²) < 4.78 is 6.78. The molecule has 4 rings (SSSR count). The van der Waals surface area contributed by atoms with Crippen molar-refractivity contribution in [3.8, 4) is 34.0 Å². The molecular weight excluding hydrogens is 304 g/mol. The molecule has 0 amide bonds. The van der Waals surface area contributed by atoms with E-state index in [1.54, 1.807) is 17.8 Å². The van der Waals surface area contributed by atoms with Crippen LogP contribution in [0, 0.1) is 0 Å². The molecule has 0 aliphatic rings. The Labute approximate surface area is 138 Å². The van der Waals surface area contributed by atoms with Crippen LogP contribution >= 0.6 is 0 Å². The van der Waals surface area contributed by atoms with Gasteiger partial charge in [0.05, 0.1) is 13.3 Å². The Morgan fingerprint density at radius 2 is 1.67 bits per heavy atom. The Hall–Kier alpha value is -3.41. The van der Waals surface area contributed by atoms with Crippen molar-refractivity contribution in [3.63, 3.8) is 0 Å². The molecule has 6 heteroatoms. The minimum absolute atomic E-state index is 0.171. The fraction of sp³-hybridized carbons (Fsp3) is 0.0556. The molecule has 0 saturated heterocycles. The van der Waals surface area contributed by atoms with Gasteiger partial charge in [0.1, 0.15) is 11.4 Å². The number of nitrogens with zero attached hydrogens (tertiary/aromatic N) is 4. The van der Waals surface area contributed by atoms with Gasteiger partial charge in [-0.1, -0.05) is 30.3 Å². The molecule has 0 saturated carbocycles. The van der Waals surface area contributed by atoms with E-state index in [2.05, 4.69) is 15.3 Å². The maximum atomic E-state index is 10.2. The van der Waals surface area contributed by atoms with Gasteiger partial charge in [-0.2, -0.15) is 5.10 Å². The van der Waals surface area contributed by atoms with Gasteiger partial charge in [0.25, 0.3) is 5.88 Å². The van der Waals surface area contributed by atoms with Crippen molar-refractivity contribution in [2.45, 2.75) is 0 Å². The molecule has 0 aliphatic heterocycles. The van der Waals surface area contributed by atoms with Crippen molar-refractivity contribution in [1.29, 1.82) is 0 Å². The van der Waals surface area contributed by atoms with E-state index in [9.17, 15) is 5.11 Å². The van der Waals surface area contributed by atoms with Crippen LogP contribution in [-0.2, 0) is 0 Å². The molecule has 0 bridgehead atoms. The van der Waals surface area contributed by atoms with Crippen molar-refractivity contribution < 1.29 is 9.84 Å². The Bertz CT molecular complexity index is 995. The highest BCUT2D eigenvalue weighted by atomic mass is 16.5. The highest BCUT2D eigenvalue weighted by molar-refractivity contribution is 5.79. The van der Waals surface area contributed by atoms with Gasteiger partial charge >= 0.3 is 0 Å². The van der Waals surface area contributed by atoms with Crippen LogP contribution in [-0.4, -0.2) is 32.0 Å². The lowest BCUT2D eigenvalue weighted by Crippen LogP contribution is -1.99. The van der Waals surface area contributed by atoms with Crippen molar-refractivity contribution >= 4 is 5.65 Å². The highest BCUT2D eigenvalue weighted by Gasteiger charge is 2.17. The Morgan fingerprint density at radius 3 is 2.38 bits per heavy atom. The van der Waals surface area contributed by atoms with Crippen LogP contribution < -0.4 is 4.74 Å². The first kappa shape index (κ1) is 14.2. The zero-order chi connectivity index (χ0) is 16.5. The average molecular weight is 318 g/mol. The highest BCUT2D eigenvalue weighted by Crippen LogP contribution is 2.31. The van der Waals surface area contributed by atoms with Gasteiger partial charge in [-0.05, 0) is 29.8 Å². The first-order valence-electron chi connectivity index (χ1n) is 7.41. The lowest BCUT2D eigenvalue weighted by Gasteiger charge is -2.07. The summed E-state index contributed by atoms with van der Waals surface area (Å²) >= 11 is 0. The van der Waals surface area contributed by atoms with Gasteiger partial charge in [0.15, 0.2) is 5.65 Å². The minimum Gasteiger partial charge on any atom is -0.497 e. The van der Waals surface area contributed by atoms with Gasteiger partial charge in [0, 0.05) is 11.1 Å². The number of ether oxygens (including phenoxy) is 1. The largest absolute Gasteiger partial charge is 0.497 e. The molecule has 2 aromatic carbocycles. The van der Waals surface area contributed by atoms with Gasteiger partial charge in [-0.25, -0.2) is 4.52 Å². The van der Waals surface area contributed by atoms with Gasteiger partial charge in [-0.3, -0.25) is 0 Å². The summed E-state index contributed by atoms with van der Waals surface area (Å²) in [6.45, 7) is 0. The summed E-state index contributed by atoms with van der Waals surface area (Å²) in [4.78, 5) is 0. The molecule has 24 heavy (non-hydrogen) atoms. The molecule has 118 valence electrons. The van der Waals surface area contributed by atoms with Gasteiger partial charge in [0.2, 0.25) is 0 Å². The summed E-state index contributed by atoms with van der Waals surface area (Å²) in [5, 5.41) is 22.6. The quantitative estimate of drug-likeness (QED) is 0.628. The third-order valence-corrected chi connectivity index (χ3v) is 3.86. The summed E-state index contributed by atoms with van der Waals surface area (Å²) in [6, 6.07) is 17.2. The van der Waals surface area contributed by atoms with E-state index in [1.807, 2.05) is 54.6 Å². The number of methoxy groups -OCH3 is 1. The molecule has 0 aliphatic carbocycles. The van der Waals surface area contributed by atoms with Gasteiger partial charge in [-0.15, -0.1) is 10.2 Å². The van der Waals surface area contributed by atoms with Crippen molar-refractivity contribution in [2.75, 3.05) is 7.11 Å². The molecule has 0 radical (unpaired) electrons. The molecule has 2 heterocycles. The minimum atomic E-state index is -0.171. The first-order chi connectivity index (χ1) is 11.8. The Kier molecular flexibility index (Phi) is 3.35. The molecule has 0 atom stereocenters. The van der Waals surface area contributed by atoms with Crippen LogP contribution in [0.4, 0.5) is 0 Å². The molecular formula is C18H14N4O2. The molecule has 2 aromatic heterocycles. The number of rotatable bonds is 3. The number of aromatic nitrogens is 4.